The predicted molar refractivity (Wildman–Crippen MR) is 128 cm³/mol. The van der Waals surface area contributed by atoms with Crippen LogP contribution in [0.3, 0.4) is 0 Å². The van der Waals surface area contributed by atoms with Crippen LogP contribution in [-0.2, 0) is 22.7 Å². The number of hydrogen-bond donors (Lipinski definition) is 2. The third-order valence-electron chi connectivity index (χ3n) is 5.44. The molecule has 2 aromatic carbocycles. The van der Waals surface area contributed by atoms with Gasteiger partial charge in [0.1, 0.15) is 18.1 Å². The van der Waals surface area contributed by atoms with Crippen molar-refractivity contribution in [3.05, 3.63) is 88.5 Å². The lowest BCUT2D eigenvalue weighted by molar-refractivity contribution is -0.123. The van der Waals surface area contributed by atoms with Gasteiger partial charge in [0.15, 0.2) is 11.5 Å². The molecule has 11 heteroatoms. The maximum atomic E-state index is 13.0. The number of methoxy groups -OCH3 is 2. The highest BCUT2D eigenvalue weighted by Crippen LogP contribution is 2.34. The van der Waals surface area contributed by atoms with Gasteiger partial charge in [0.25, 0.3) is 5.91 Å². The second kappa shape index (κ2) is 10.7. The highest BCUT2D eigenvalue weighted by Gasteiger charge is 2.34. The van der Waals surface area contributed by atoms with E-state index in [4.69, 9.17) is 19.0 Å². The summed E-state index contributed by atoms with van der Waals surface area (Å²) in [6.07, 6.45) is 1.47. The standard InChI is InChI=1S/C26H22N2O9/c1-34-20-5-3-4-17(22(20)36-14-15-6-8-16(9-7-15)24(30)31)12-19-23(29)28(26(33)27-19)13-18-10-11-21(37-18)25(32)35-2/h3-12H,13-14H2,1-2H3,(H,27,33)(H,30,31)/b19-12-. The molecule has 1 aliphatic rings. The van der Waals surface area contributed by atoms with Gasteiger partial charge in [0.2, 0.25) is 5.76 Å². The van der Waals surface area contributed by atoms with Crippen molar-refractivity contribution in [1.29, 1.82) is 0 Å². The number of nitrogens with one attached hydrogen (secondary N) is 1. The van der Waals surface area contributed by atoms with Crippen LogP contribution < -0.4 is 14.8 Å². The number of carboxylic acid groups (broad SMARTS) is 1. The molecule has 0 spiro atoms. The van der Waals surface area contributed by atoms with E-state index < -0.39 is 23.9 Å². The van der Waals surface area contributed by atoms with Gasteiger partial charge in [-0.2, -0.15) is 0 Å². The van der Waals surface area contributed by atoms with Crippen LogP contribution in [0.15, 0.2) is 64.7 Å². The highest BCUT2D eigenvalue weighted by molar-refractivity contribution is 6.14. The van der Waals surface area contributed by atoms with Crippen molar-refractivity contribution in [2.24, 2.45) is 0 Å². The zero-order valence-corrected chi connectivity index (χ0v) is 19.8. The smallest absolute Gasteiger partial charge is 0.373 e. The first-order chi connectivity index (χ1) is 17.8. The second-order valence-corrected chi connectivity index (χ2v) is 7.81. The van der Waals surface area contributed by atoms with Crippen molar-refractivity contribution in [2.45, 2.75) is 13.2 Å². The minimum absolute atomic E-state index is 0.00802. The molecule has 0 bridgehead atoms. The van der Waals surface area contributed by atoms with Crippen LogP contribution in [0.25, 0.3) is 6.08 Å². The number of imide groups is 1. The average molecular weight is 506 g/mol. The lowest BCUT2D eigenvalue weighted by Crippen LogP contribution is -2.30. The van der Waals surface area contributed by atoms with Gasteiger partial charge in [-0.1, -0.05) is 24.3 Å². The number of hydrogen-bond acceptors (Lipinski definition) is 8. The fourth-order valence-corrected chi connectivity index (χ4v) is 3.56. The fraction of sp³-hybridized carbons (Fsp3) is 0.154. The summed E-state index contributed by atoms with van der Waals surface area (Å²) < 4.78 is 21.3. The first-order valence-electron chi connectivity index (χ1n) is 10.9. The molecule has 4 rings (SSSR count). The summed E-state index contributed by atoms with van der Waals surface area (Å²) in [6.45, 7) is -0.0866. The first-order valence-corrected chi connectivity index (χ1v) is 10.9. The SMILES string of the molecule is COC(=O)c1ccc(CN2C(=O)N/C(=C\c3cccc(OC)c3OCc3ccc(C(=O)O)cc3)C2=O)o1. The molecule has 0 aliphatic carbocycles. The van der Waals surface area contributed by atoms with Crippen LogP contribution in [0.1, 0.15) is 37.8 Å². The van der Waals surface area contributed by atoms with Crippen LogP contribution in [0.2, 0.25) is 0 Å². The average Bonchev–Trinajstić information content (AvgIpc) is 3.48. The summed E-state index contributed by atoms with van der Waals surface area (Å²) >= 11 is 0. The fourth-order valence-electron chi connectivity index (χ4n) is 3.56. The molecule has 11 nitrogen and oxygen atoms in total. The number of para-hydroxylation sites is 1. The summed E-state index contributed by atoms with van der Waals surface area (Å²) in [7, 11) is 2.68. The van der Waals surface area contributed by atoms with Gasteiger partial charge < -0.3 is 29.1 Å². The molecule has 3 amide bonds. The quantitative estimate of drug-likeness (QED) is 0.253. The number of benzene rings is 2. The number of amides is 3. The molecule has 1 fully saturated rings. The van der Waals surface area contributed by atoms with Crippen molar-refractivity contribution in [3.8, 4) is 11.5 Å². The number of urea groups is 1. The van der Waals surface area contributed by atoms with Crippen molar-refractivity contribution < 1.29 is 42.9 Å². The molecule has 0 radical (unpaired) electrons. The number of carbonyl (C=O) groups excluding carboxylic acids is 3. The largest absolute Gasteiger partial charge is 0.493 e. The first kappa shape index (κ1) is 25.0. The highest BCUT2D eigenvalue weighted by atomic mass is 16.5. The van der Waals surface area contributed by atoms with E-state index in [1.165, 1.54) is 44.6 Å². The summed E-state index contributed by atoms with van der Waals surface area (Å²) in [5.41, 5.74) is 1.35. The van der Waals surface area contributed by atoms with E-state index >= 15 is 0 Å². The number of rotatable bonds is 9. The lowest BCUT2D eigenvalue weighted by atomic mass is 10.1. The Kier molecular flexibility index (Phi) is 7.23. The normalized spacial score (nSPS) is 14.0. The van der Waals surface area contributed by atoms with Gasteiger partial charge in [-0.15, -0.1) is 0 Å². The Bertz CT molecular complexity index is 1390. The van der Waals surface area contributed by atoms with Crippen molar-refractivity contribution in [1.82, 2.24) is 10.2 Å². The van der Waals surface area contributed by atoms with Gasteiger partial charge in [0, 0.05) is 5.56 Å². The molecule has 1 aromatic heterocycles. The predicted octanol–water partition coefficient (Wildman–Crippen LogP) is 3.44. The Labute approximate surface area is 210 Å². The van der Waals surface area contributed by atoms with Crippen molar-refractivity contribution in [3.63, 3.8) is 0 Å². The number of furan rings is 1. The number of ether oxygens (including phenoxy) is 3. The molecule has 3 aromatic rings. The van der Waals surface area contributed by atoms with Crippen LogP contribution in [-0.4, -0.2) is 48.1 Å². The summed E-state index contributed by atoms with van der Waals surface area (Å²) in [5.74, 6) is -1.39. The Balaban J connectivity index is 1.54. The molecular formula is C26H22N2O9. The molecule has 1 saturated heterocycles. The van der Waals surface area contributed by atoms with Crippen LogP contribution in [0.5, 0.6) is 11.5 Å². The Morgan fingerprint density at radius 3 is 2.49 bits per heavy atom. The molecule has 2 N–H and O–H groups in total. The molecule has 190 valence electrons. The van der Waals surface area contributed by atoms with E-state index in [1.807, 2.05) is 0 Å². The molecule has 0 unspecified atom stereocenters. The zero-order chi connectivity index (χ0) is 26.5. The second-order valence-electron chi connectivity index (χ2n) is 7.81. The number of carboxylic acids is 1. The van der Waals surface area contributed by atoms with Crippen LogP contribution in [0.4, 0.5) is 4.79 Å². The number of esters is 1. The van der Waals surface area contributed by atoms with E-state index in [1.54, 1.807) is 30.3 Å². The summed E-state index contributed by atoms with van der Waals surface area (Å²) in [6, 6.07) is 13.5. The number of carbonyl (C=O) groups is 4. The van der Waals surface area contributed by atoms with Gasteiger partial charge in [-0.3, -0.25) is 9.69 Å². The van der Waals surface area contributed by atoms with Crippen LogP contribution >= 0.6 is 0 Å². The number of aromatic carboxylic acids is 1. The minimum Gasteiger partial charge on any atom is -0.493 e. The van der Waals surface area contributed by atoms with Crippen molar-refractivity contribution >= 4 is 30.0 Å². The molecule has 2 heterocycles. The van der Waals surface area contributed by atoms with E-state index in [9.17, 15) is 19.2 Å². The topological polar surface area (TPSA) is 145 Å². The summed E-state index contributed by atoms with van der Waals surface area (Å²) in [4.78, 5) is 49.1. The van der Waals surface area contributed by atoms with E-state index in [2.05, 4.69) is 10.1 Å². The zero-order valence-electron chi connectivity index (χ0n) is 19.8. The monoisotopic (exact) mass is 506 g/mol. The van der Waals surface area contributed by atoms with Gasteiger partial charge in [0.05, 0.1) is 26.3 Å². The van der Waals surface area contributed by atoms with E-state index in [0.29, 0.717) is 17.1 Å². The summed E-state index contributed by atoms with van der Waals surface area (Å²) in [5, 5.41) is 11.6. The third-order valence-corrected chi connectivity index (χ3v) is 5.44. The van der Waals surface area contributed by atoms with Crippen LogP contribution in [0, 0.1) is 0 Å². The molecule has 0 saturated carbocycles. The maximum absolute atomic E-state index is 13.0. The molecular weight excluding hydrogens is 484 g/mol. The Morgan fingerprint density at radius 1 is 1.05 bits per heavy atom. The minimum atomic E-state index is -1.03. The third kappa shape index (κ3) is 5.45. The van der Waals surface area contributed by atoms with E-state index in [-0.39, 0.29) is 35.9 Å². The van der Waals surface area contributed by atoms with E-state index in [0.717, 1.165) is 10.5 Å². The lowest BCUT2D eigenvalue weighted by Gasteiger charge is -2.14. The van der Waals surface area contributed by atoms with Gasteiger partial charge in [-0.25, -0.2) is 14.4 Å². The van der Waals surface area contributed by atoms with Gasteiger partial charge >= 0.3 is 18.0 Å². The maximum Gasteiger partial charge on any atom is 0.373 e. The molecule has 37 heavy (non-hydrogen) atoms. The number of nitrogens with zero attached hydrogens (tertiary/aromatic N) is 1. The molecule has 0 atom stereocenters. The van der Waals surface area contributed by atoms with Gasteiger partial charge in [-0.05, 0) is 42.0 Å². The van der Waals surface area contributed by atoms with Crippen molar-refractivity contribution in [2.75, 3.05) is 14.2 Å². The Hall–Kier alpha value is -5.06. The molecule has 1 aliphatic heterocycles. The Morgan fingerprint density at radius 2 is 1.81 bits per heavy atom.